The summed E-state index contributed by atoms with van der Waals surface area (Å²) in [5.74, 6) is -0.965. The van der Waals surface area contributed by atoms with Crippen molar-refractivity contribution < 1.29 is 18.7 Å². The molecule has 8 heteroatoms. The van der Waals surface area contributed by atoms with Crippen LogP contribution in [-0.2, 0) is 16.0 Å². The van der Waals surface area contributed by atoms with Crippen LogP contribution >= 0.6 is 11.3 Å². The van der Waals surface area contributed by atoms with Crippen molar-refractivity contribution in [3.63, 3.8) is 0 Å². The first-order valence-corrected chi connectivity index (χ1v) is 8.86. The van der Waals surface area contributed by atoms with Crippen LogP contribution in [0, 0.1) is 5.82 Å². The summed E-state index contributed by atoms with van der Waals surface area (Å²) in [5, 5.41) is 8.21. The van der Waals surface area contributed by atoms with Crippen molar-refractivity contribution in [1.29, 1.82) is 0 Å². The smallest absolute Gasteiger partial charge is 0.337 e. The Hall–Kier alpha value is -3.26. The highest BCUT2D eigenvalue weighted by molar-refractivity contribution is 7.13. The van der Waals surface area contributed by atoms with Crippen molar-refractivity contribution in [3.8, 4) is 0 Å². The van der Waals surface area contributed by atoms with E-state index in [1.54, 1.807) is 41.8 Å². The van der Waals surface area contributed by atoms with E-state index in [9.17, 15) is 14.0 Å². The first kappa shape index (κ1) is 18.5. The molecule has 0 aliphatic rings. The zero-order chi connectivity index (χ0) is 19.2. The molecule has 0 saturated heterocycles. The van der Waals surface area contributed by atoms with Crippen LogP contribution < -0.4 is 10.6 Å². The lowest BCUT2D eigenvalue weighted by Crippen LogP contribution is -2.14. The Labute approximate surface area is 159 Å². The molecule has 0 spiro atoms. The zero-order valence-electron chi connectivity index (χ0n) is 14.4. The number of carbonyl (C=O) groups is 2. The Morgan fingerprint density at radius 1 is 1.07 bits per heavy atom. The monoisotopic (exact) mass is 385 g/mol. The molecule has 0 unspecified atom stereocenters. The molecule has 27 heavy (non-hydrogen) atoms. The quantitative estimate of drug-likeness (QED) is 0.627. The molecule has 138 valence electrons. The van der Waals surface area contributed by atoms with Crippen LogP contribution in [0.25, 0.3) is 0 Å². The second-order valence-electron chi connectivity index (χ2n) is 5.57. The summed E-state index contributed by atoms with van der Waals surface area (Å²) >= 11 is 1.36. The molecule has 0 aliphatic carbocycles. The van der Waals surface area contributed by atoms with Crippen molar-refractivity contribution in [3.05, 3.63) is 71.0 Å². The van der Waals surface area contributed by atoms with Crippen LogP contribution in [0.5, 0.6) is 0 Å². The van der Waals surface area contributed by atoms with E-state index in [0.717, 1.165) is 0 Å². The van der Waals surface area contributed by atoms with Crippen molar-refractivity contribution in [1.82, 2.24) is 4.98 Å². The number of rotatable bonds is 6. The van der Waals surface area contributed by atoms with Crippen LogP contribution in [0.15, 0.2) is 53.9 Å². The number of nitrogens with zero attached hydrogens (tertiary/aromatic N) is 1. The summed E-state index contributed by atoms with van der Waals surface area (Å²) in [4.78, 5) is 27.9. The third-order valence-electron chi connectivity index (χ3n) is 3.58. The van der Waals surface area contributed by atoms with Crippen LogP contribution in [0.1, 0.15) is 16.1 Å². The number of carbonyl (C=O) groups excluding carboxylic acids is 2. The van der Waals surface area contributed by atoms with Crippen LogP contribution in [0.4, 0.5) is 20.9 Å². The van der Waals surface area contributed by atoms with Gasteiger partial charge in [0.1, 0.15) is 5.82 Å². The molecule has 1 heterocycles. The number of ether oxygens (including phenoxy) is 1. The highest BCUT2D eigenvalue weighted by Gasteiger charge is 2.10. The summed E-state index contributed by atoms with van der Waals surface area (Å²) < 4.78 is 17.6. The summed E-state index contributed by atoms with van der Waals surface area (Å²) in [5.41, 5.74) is 2.32. The average Bonchev–Trinajstić information content (AvgIpc) is 3.10. The second kappa shape index (κ2) is 8.41. The SMILES string of the molecule is COC(=O)c1ccc(NC(=O)Cc2csc(Nc3ccc(F)cc3)n2)cc1. The van der Waals surface area contributed by atoms with E-state index >= 15 is 0 Å². The van der Waals surface area contributed by atoms with Gasteiger partial charge in [0.2, 0.25) is 5.91 Å². The lowest BCUT2D eigenvalue weighted by molar-refractivity contribution is -0.115. The number of hydrogen-bond acceptors (Lipinski definition) is 6. The molecule has 3 rings (SSSR count). The zero-order valence-corrected chi connectivity index (χ0v) is 15.2. The van der Waals surface area contributed by atoms with Gasteiger partial charge in [0.05, 0.1) is 24.8 Å². The highest BCUT2D eigenvalue weighted by atomic mass is 32.1. The molecule has 1 aromatic heterocycles. The number of thiazole rings is 1. The van der Waals surface area contributed by atoms with Gasteiger partial charge < -0.3 is 15.4 Å². The van der Waals surface area contributed by atoms with E-state index in [1.807, 2.05) is 0 Å². The van der Waals surface area contributed by atoms with Crippen LogP contribution in [0.2, 0.25) is 0 Å². The number of halogens is 1. The summed E-state index contributed by atoms with van der Waals surface area (Å²) in [6, 6.07) is 12.4. The molecule has 6 nitrogen and oxygen atoms in total. The van der Waals surface area contributed by atoms with E-state index in [2.05, 4.69) is 20.4 Å². The van der Waals surface area contributed by atoms with Crippen LogP contribution in [-0.4, -0.2) is 24.0 Å². The Morgan fingerprint density at radius 3 is 2.41 bits per heavy atom. The minimum atomic E-state index is -0.434. The van der Waals surface area contributed by atoms with Gasteiger partial charge in [0, 0.05) is 16.8 Å². The fraction of sp³-hybridized carbons (Fsp3) is 0.105. The number of hydrogen-bond donors (Lipinski definition) is 2. The average molecular weight is 385 g/mol. The minimum Gasteiger partial charge on any atom is -0.465 e. The van der Waals surface area contributed by atoms with Crippen LogP contribution in [0.3, 0.4) is 0 Å². The lowest BCUT2D eigenvalue weighted by atomic mass is 10.2. The van der Waals surface area contributed by atoms with Gasteiger partial charge >= 0.3 is 5.97 Å². The van der Waals surface area contributed by atoms with Gasteiger partial charge in [-0.15, -0.1) is 11.3 Å². The van der Waals surface area contributed by atoms with Gasteiger partial charge in [-0.1, -0.05) is 0 Å². The van der Waals surface area contributed by atoms with Crippen molar-refractivity contribution in [2.24, 2.45) is 0 Å². The van der Waals surface area contributed by atoms with Gasteiger partial charge in [0.25, 0.3) is 0 Å². The maximum absolute atomic E-state index is 12.9. The fourth-order valence-electron chi connectivity index (χ4n) is 2.28. The van der Waals surface area contributed by atoms with Gasteiger partial charge in [-0.25, -0.2) is 14.2 Å². The Morgan fingerprint density at radius 2 is 1.74 bits per heavy atom. The molecule has 2 N–H and O–H groups in total. The minimum absolute atomic E-state index is 0.111. The van der Waals surface area contributed by atoms with E-state index in [-0.39, 0.29) is 18.1 Å². The normalized spacial score (nSPS) is 10.3. The standard InChI is InChI=1S/C19H16FN3O3S/c1-26-18(25)12-2-6-14(7-3-12)21-17(24)10-16-11-27-19(23-16)22-15-8-4-13(20)5-9-15/h2-9,11H,10H2,1H3,(H,21,24)(H,22,23). The van der Waals surface area contributed by atoms with E-state index in [4.69, 9.17) is 0 Å². The molecule has 0 aliphatic heterocycles. The third-order valence-corrected chi connectivity index (χ3v) is 4.39. The number of nitrogens with one attached hydrogen (secondary N) is 2. The molecule has 2 aromatic carbocycles. The van der Waals surface area contributed by atoms with Gasteiger partial charge in [0.15, 0.2) is 5.13 Å². The first-order chi connectivity index (χ1) is 13.0. The fourth-order valence-corrected chi connectivity index (χ4v) is 3.01. The number of amides is 1. The first-order valence-electron chi connectivity index (χ1n) is 7.99. The Bertz CT molecular complexity index is 940. The maximum Gasteiger partial charge on any atom is 0.337 e. The molecule has 0 atom stereocenters. The molecule has 0 bridgehead atoms. The predicted octanol–water partition coefficient (Wildman–Crippen LogP) is 3.99. The highest BCUT2D eigenvalue weighted by Crippen LogP contribution is 2.21. The molecule has 0 radical (unpaired) electrons. The third kappa shape index (κ3) is 5.11. The summed E-state index contributed by atoms with van der Waals surface area (Å²) in [7, 11) is 1.31. The van der Waals surface area contributed by atoms with E-state index in [0.29, 0.717) is 27.8 Å². The van der Waals surface area contributed by atoms with Gasteiger partial charge in [-0.3, -0.25) is 4.79 Å². The summed E-state index contributed by atoms with van der Waals surface area (Å²) in [6.07, 6.45) is 0.111. The predicted molar refractivity (Wildman–Crippen MR) is 102 cm³/mol. The molecule has 0 fully saturated rings. The number of anilines is 3. The van der Waals surface area contributed by atoms with Gasteiger partial charge in [-0.2, -0.15) is 0 Å². The largest absolute Gasteiger partial charge is 0.465 e. The summed E-state index contributed by atoms with van der Waals surface area (Å²) in [6.45, 7) is 0. The molecule has 1 amide bonds. The van der Waals surface area contributed by atoms with E-state index < -0.39 is 5.97 Å². The van der Waals surface area contributed by atoms with Crippen molar-refractivity contribution in [2.45, 2.75) is 6.42 Å². The number of benzene rings is 2. The Kier molecular flexibility index (Phi) is 5.77. The number of aromatic nitrogens is 1. The molecule has 3 aromatic rings. The van der Waals surface area contributed by atoms with Crippen molar-refractivity contribution >= 4 is 39.7 Å². The van der Waals surface area contributed by atoms with Crippen molar-refractivity contribution in [2.75, 3.05) is 17.7 Å². The molecular weight excluding hydrogens is 369 g/mol. The molecule has 0 saturated carbocycles. The topological polar surface area (TPSA) is 80.3 Å². The Balaban J connectivity index is 1.56. The number of esters is 1. The lowest BCUT2D eigenvalue weighted by Gasteiger charge is -2.05. The van der Waals surface area contributed by atoms with Gasteiger partial charge in [-0.05, 0) is 48.5 Å². The van der Waals surface area contributed by atoms with E-state index in [1.165, 1.54) is 30.6 Å². The molecular formula is C19H16FN3O3S. The number of methoxy groups -OCH3 is 1. The maximum atomic E-state index is 12.9. The second-order valence-corrected chi connectivity index (χ2v) is 6.43.